The molecule has 0 saturated heterocycles. The predicted octanol–water partition coefficient (Wildman–Crippen LogP) is 2.84. The Kier molecular flexibility index (Phi) is 4.41. The first kappa shape index (κ1) is 9.73. The maximum atomic E-state index is 10.9. The number of carbonyl (C=O) groups excluding carboxylic acids is 1. The van der Waals surface area contributed by atoms with Crippen molar-refractivity contribution in [1.29, 1.82) is 0 Å². The zero-order valence-corrected chi connectivity index (χ0v) is 7.33. The maximum absolute atomic E-state index is 10.9. The molecule has 0 aliphatic rings. The average Bonchev–Trinajstić information content (AvgIpc) is 2.00. The van der Waals surface area contributed by atoms with Crippen LogP contribution in [0, 0.1) is 0 Å². The molecule has 0 radical (unpaired) electrons. The van der Waals surface area contributed by atoms with Gasteiger partial charge in [0, 0.05) is 0 Å². The SMILES string of the molecule is C/C=C(/Cl)C(=O)/C(Cl)=C\C. The highest BCUT2D eigenvalue weighted by atomic mass is 35.5. The van der Waals surface area contributed by atoms with E-state index in [-0.39, 0.29) is 15.8 Å². The topological polar surface area (TPSA) is 17.1 Å². The van der Waals surface area contributed by atoms with Crippen molar-refractivity contribution >= 4 is 29.0 Å². The number of rotatable bonds is 2. The van der Waals surface area contributed by atoms with Crippen LogP contribution in [0.4, 0.5) is 0 Å². The fraction of sp³-hybridized carbons (Fsp3) is 0.286. The third-order valence-electron chi connectivity index (χ3n) is 0.941. The second-order valence-corrected chi connectivity index (χ2v) is 2.42. The Hall–Kier alpha value is -0.270. The lowest BCUT2D eigenvalue weighted by Crippen LogP contribution is -1.96. The van der Waals surface area contributed by atoms with Crippen LogP contribution >= 0.6 is 23.2 Å². The molecule has 0 aromatic rings. The third kappa shape index (κ3) is 2.54. The molecule has 0 rings (SSSR count). The summed E-state index contributed by atoms with van der Waals surface area (Å²) in [6.07, 6.45) is 3.02. The van der Waals surface area contributed by atoms with Crippen LogP contribution in [0.25, 0.3) is 0 Å². The maximum Gasteiger partial charge on any atom is 0.215 e. The van der Waals surface area contributed by atoms with Crippen molar-refractivity contribution in [3.63, 3.8) is 0 Å². The smallest absolute Gasteiger partial charge is 0.215 e. The summed E-state index contributed by atoms with van der Waals surface area (Å²) in [5.74, 6) is -0.326. The Morgan fingerprint density at radius 3 is 1.60 bits per heavy atom. The molecule has 10 heavy (non-hydrogen) atoms. The summed E-state index contributed by atoms with van der Waals surface area (Å²) in [7, 11) is 0. The van der Waals surface area contributed by atoms with E-state index in [1.807, 2.05) is 0 Å². The molecule has 56 valence electrons. The molecule has 0 bridgehead atoms. The summed E-state index contributed by atoms with van der Waals surface area (Å²) < 4.78 is 0. The molecule has 0 saturated carbocycles. The lowest BCUT2D eigenvalue weighted by Gasteiger charge is -1.92. The Morgan fingerprint density at radius 2 is 1.40 bits per heavy atom. The monoisotopic (exact) mass is 178 g/mol. The van der Waals surface area contributed by atoms with Crippen molar-refractivity contribution in [1.82, 2.24) is 0 Å². The van der Waals surface area contributed by atoms with Gasteiger partial charge in [0.15, 0.2) is 0 Å². The second-order valence-electron chi connectivity index (χ2n) is 1.60. The third-order valence-corrected chi connectivity index (χ3v) is 1.72. The van der Waals surface area contributed by atoms with Crippen LogP contribution in [0.1, 0.15) is 13.8 Å². The highest BCUT2D eigenvalue weighted by Crippen LogP contribution is 2.12. The Bertz CT molecular complexity index is 172. The van der Waals surface area contributed by atoms with Crippen LogP contribution in [0.2, 0.25) is 0 Å². The van der Waals surface area contributed by atoms with Crippen LogP contribution < -0.4 is 0 Å². The summed E-state index contributed by atoms with van der Waals surface area (Å²) in [5, 5.41) is 0.311. The highest BCUT2D eigenvalue weighted by molar-refractivity contribution is 6.54. The van der Waals surface area contributed by atoms with Gasteiger partial charge in [-0.25, -0.2) is 0 Å². The molecule has 3 heteroatoms. The van der Waals surface area contributed by atoms with E-state index in [9.17, 15) is 4.79 Å². The molecule has 0 amide bonds. The largest absolute Gasteiger partial charge is 0.287 e. The normalized spacial score (nSPS) is 13.6. The fourth-order valence-electron chi connectivity index (χ4n) is 0.376. The van der Waals surface area contributed by atoms with Gasteiger partial charge in [0.1, 0.15) is 0 Å². The van der Waals surface area contributed by atoms with E-state index in [1.165, 1.54) is 12.2 Å². The van der Waals surface area contributed by atoms with Crippen LogP contribution in [-0.4, -0.2) is 5.78 Å². The van der Waals surface area contributed by atoms with Gasteiger partial charge in [0.05, 0.1) is 10.1 Å². The Morgan fingerprint density at radius 1 is 1.10 bits per heavy atom. The number of halogens is 2. The first-order valence-electron chi connectivity index (χ1n) is 2.81. The first-order chi connectivity index (χ1) is 4.63. The van der Waals surface area contributed by atoms with Crippen LogP contribution in [0.3, 0.4) is 0 Å². The number of hydrogen-bond acceptors (Lipinski definition) is 1. The molecule has 0 fully saturated rings. The van der Waals surface area contributed by atoms with Crippen molar-refractivity contribution in [2.75, 3.05) is 0 Å². The summed E-state index contributed by atoms with van der Waals surface area (Å²) >= 11 is 11.0. The average molecular weight is 179 g/mol. The quantitative estimate of drug-likeness (QED) is 0.595. The van der Waals surface area contributed by atoms with E-state index in [0.717, 1.165) is 0 Å². The van der Waals surface area contributed by atoms with Gasteiger partial charge in [-0.3, -0.25) is 4.79 Å². The number of hydrogen-bond donors (Lipinski definition) is 0. The number of Topliss-reactive ketones (excluding diaryl/α,β-unsaturated/α-hetero) is 1. The molecule has 0 spiro atoms. The molecule has 0 heterocycles. The summed E-state index contributed by atoms with van der Waals surface area (Å²) in [6.45, 7) is 3.36. The molecule has 1 nitrogen and oxygen atoms in total. The van der Waals surface area contributed by atoms with E-state index >= 15 is 0 Å². The standard InChI is InChI=1S/C7H8Cl2O/c1-3-5(8)7(10)6(9)4-2/h3-4H,1-2H3/b5-3+,6-4+. The number of carbonyl (C=O) groups is 1. The molecular weight excluding hydrogens is 171 g/mol. The van der Waals surface area contributed by atoms with Gasteiger partial charge in [0.25, 0.3) is 0 Å². The van der Waals surface area contributed by atoms with Gasteiger partial charge < -0.3 is 0 Å². The van der Waals surface area contributed by atoms with Crippen LogP contribution in [0.5, 0.6) is 0 Å². The minimum atomic E-state index is -0.326. The summed E-state index contributed by atoms with van der Waals surface area (Å²) in [6, 6.07) is 0. The fourth-order valence-corrected chi connectivity index (χ4v) is 0.628. The highest BCUT2D eigenvalue weighted by Gasteiger charge is 2.07. The van der Waals surface area contributed by atoms with Gasteiger partial charge in [0.2, 0.25) is 5.78 Å². The summed E-state index contributed by atoms with van der Waals surface area (Å²) in [4.78, 5) is 10.9. The Balaban J connectivity index is 4.39. The van der Waals surface area contributed by atoms with Crippen molar-refractivity contribution in [2.24, 2.45) is 0 Å². The minimum Gasteiger partial charge on any atom is -0.287 e. The van der Waals surface area contributed by atoms with Gasteiger partial charge in [-0.1, -0.05) is 35.4 Å². The Labute approximate surface area is 70.3 Å². The van der Waals surface area contributed by atoms with Gasteiger partial charge in [-0.15, -0.1) is 0 Å². The van der Waals surface area contributed by atoms with Gasteiger partial charge in [-0.05, 0) is 13.8 Å². The minimum absolute atomic E-state index is 0.156. The molecule has 0 N–H and O–H groups in total. The predicted molar refractivity (Wildman–Crippen MR) is 44.2 cm³/mol. The van der Waals surface area contributed by atoms with E-state index in [1.54, 1.807) is 13.8 Å². The van der Waals surface area contributed by atoms with Crippen molar-refractivity contribution in [3.8, 4) is 0 Å². The van der Waals surface area contributed by atoms with Crippen molar-refractivity contribution in [3.05, 3.63) is 22.2 Å². The number of allylic oxidation sites excluding steroid dienone is 4. The molecule has 0 aromatic heterocycles. The zero-order chi connectivity index (χ0) is 8.15. The van der Waals surface area contributed by atoms with Crippen molar-refractivity contribution < 1.29 is 4.79 Å². The van der Waals surface area contributed by atoms with Crippen molar-refractivity contribution in [2.45, 2.75) is 13.8 Å². The molecule has 0 atom stereocenters. The number of ketones is 1. The van der Waals surface area contributed by atoms with E-state index in [0.29, 0.717) is 0 Å². The lowest BCUT2D eigenvalue weighted by molar-refractivity contribution is -0.111. The molecular formula is C7H8Cl2O. The van der Waals surface area contributed by atoms with E-state index < -0.39 is 0 Å². The first-order valence-corrected chi connectivity index (χ1v) is 3.57. The van der Waals surface area contributed by atoms with E-state index in [2.05, 4.69) is 0 Å². The lowest BCUT2D eigenvalue weighted by atomic mass is 10.3. The van der Waals surface area contributed by atoms with Crippen LogP contribution in [0.15, 0.2) is 22.2 Å². The molecule has 0 aliphatic carbocycles. The summed E-state index contributed by atoms with van der Waals surface area (Å²) in [5.41, 5.74) is 0. The van der Waals surface area contributed by atoms with E-state index in [4.69, 9.17) is 23.2 Å². The molecule has 0 aromatic carbocycles. The zero-order valence-electron chi connectivity index (χ0n) is 5.82. The van der Waals surface area contributed by atoms with Gasteiger partial charge >= 0.3 is 0 Å². The van der Waals surface area contributed by atoms with Gasteiger partial charge in [-0.2, -0.15) is 0 Å². The molecule has 0 unspecified atom stereocenters. The molecule has 0 aliphatic heterocycles. The van der Waals surface area contributed by atoms with Crippen LogP contribution in [-0.2, 0) is 4.79 Å². The second kappa shape index (κ2) is 4.53.